The Hall–Kier alpha value is -14.1. The van der Waals surface area contributed by atoms with E-state index in [1.165, 1.54) is 72.8 Å². The van der Waals surface area contributed by atoms with Crippen molar-refractivity contribution in [3.8, 4) is 34.5 Å². The Morgan fingerprint density at radius 3 is 0.634 bits per heavy atom. The quantitative estimate of drug-likeness (QED) is 0.0203. The molecular weight excluding hydrogens is 1870 g/mol. The minimum absolute atomic E-state index is 0.0265. The van der Waals surface area contributed by atoms with Gasteiger partial charge in [0.1, 0.15) is 70.7 Å². The van der Waals surface area contributed by atoms with Crippen LogP contribution in [0.15, 0.2) is 146 Å². The number of nitrogens with one attached hydrogen (secondary N) is 15. The number of amides is 15. The molecule has 9 atom stereocenters. The van der Waals surface area contributed by atoms with Gasteiger partial charge in [-0.2, -0.15) is 0 Å². The largest absolute Gasteiger partial charge is 0.508 e. The van der Waals surface area contributed by atoms with Crippen LogP contribution in [0.25, 0.3) is 0 Å². The van der Waals surface area contributed by atoms with Crippen LogP contribution in [0.4, 0.5) is 0 Å². The van der Waals surface area contributed by atoms with Crippen LogP contribution < -0.4 is 114 Å². The van der Waals surface area contributed by atoms with Crippen LogP contribution in [-0.2, 0) is 110 Å². The van der Waals surface area contributed by atoms with Crippen LogP contribution >= 0.6 is 0 Å². The summed E-state index contributed by atoms with van der Waals surface area (Å²) in [6, 6.07) is 25.9. The maximum absolute atomic E-state index is 14.2. The number of unbranched alkanes of at least 4 members (excludes halogenated alkanes) is 9. The molecule has 0 unspecified atom stereocenters. The number of aromatic hydroxyl groups is 6. The van der Waals surface area contributed by atoms with Crippen molar-refractivity contribution >= 4 is 88.6 Å². The molecule has 145 heavy (non-hydrogen) atoms. The molecule has 6 aromatic carbocycles. The maximum atomic E-state index is 14.2. The SMILES string of the molecule is NCCCC[C@H](N)C(=O)NCC(=O)N[C@@H](Cc1ccc(O)cc1)C(=O)N[C@@H](Cc1ccc(O)cc1)C(=O)NCCCCCC(=O)NCCN(CCNC(=O)CCCCCNC(=O)[C@H](Cc1ccc(O)cc1)NC(=O)[C@H](Cc1ccc(O)cc1)NC(=O)CNC(=O)[C@@H](N)CCCCN)CCNC(=O)CCCCCNC(=O)[C@H](Cc1ccc(O)cc1)NC(=O)[C@H](Cc1ccc(O)cc1)NC(=O)CNC(=O)[C@@H](N)CCCCN. The number of nitrogens with two attached hydrogens (primary N) is 6. The molecule has 0 aromatic heterocycles. The van der Waals surface area contributed by atoms with Crippen LogP contribution in [0, 0.1) is 0 Å². The third-order valence-electron chi connectivity index (χ3n) is 23.7. The molecule has 0 heterocycles. The number of carbonyl (C=O) groups is 15. The lowest BCUT2D eigenvalue weighted by atomic mass is 10.0. The molecular formula is C102H150N22O21. The minimum Gasteiger partial charge on any atom is -0.508 e. The molecule has 0 bridgehead atoms. The Bertz CT molecular complexity index is 4510. The van der Waals surface area contributed by atoms with Gasteiger partial charge in [0.05, 0.1) is 37.8 Å². The van der Waals surface area contributed by atoms with Crippen molar-refractivity contribution in [3.63, 3.8) is 0 Å². The van der Waals surface area contributed by atoms with Crippen molar-refractivity contribution in [1.29, 1.82) is 0 Å². The summed E-state index contributed by atoms with van der Waals surface area (Å²) in [6.07, 6.45) is 8.90. The third kappa shape index (κ3) is 50.6. The second-order valence-electron chi connectivity index (χ2n) is 35.8. The van der Waals surface area contributed by atoms with Crippen LogP contribution in [0.1, 0.15) is 168 Å². The van der Waals surface area contributed by atoms with Gasteiger partial charge in [-0.15, -0.1) is 0 Å². The smallest absolute Gasteiger partial charge is 0.243 e. The summed E-state index contributed by atoms with van der Waals surface area (Å²) in [5.41, 5.74) is 38.2. The fourth-order valence-corrected chi connectivity index (χ4v) is 15.3. The van der Waals surface area contributed by atoms with Crippen molar-refractivity contribution < 1.29 is 103 Å². The van der Waals surface area contributed by atoms with Gasteiger partial charge in [0.25, 0.3) is 0 Å². The lowest BCUT2D eigenvalue weighted by molar-refractivity contribution is -0.132. The first kappa shape index (κ1) is 120. The first-order chi connectivity index (χ1) is 69.6. The Morgan fingerprint density at radius 2 is 0.428 bits per heavy atom. The number of benzene rings is 6. The van der Waals surface area contributed by atoms with Gasteiger partial charge >= 0.3 is 0 Å². The summed E-state index contributed by atoms with van der Waals surface area (Å²) in [5.74, 6) is -8.75. The van der Waals surface area contributed by atoms with Gasteiger partial charge in [-0.05, 0) is 203 Å². The van der Waals surface area contributed by atoms with Gasteiger partial charge < -0.3 is 145 Å². The zero-order valence-corrected chi connectivity index (χ0v) is 82.5. The van der Waals surface area contributed by atoms with E-state index >= 15 is 0 Å². The summed E-state index contributed by atoms with van der Waals surface area (Å²) >= 11 is 0. The van der Waals surface area contributed by atoms with E-state index in [9.17, 15) is 103 Å². The highest BCUT2D eigenvalue weighted by Gasteiger charge is 2.33. The monoisotopic (exact) mass is 2020 g/mol. The Labute approximate surface area is 845 Å². The molecule has 794 valence electrons. The molecule has 0 aliphatic rings. The molecule has 6 rings (SSSR count). The number of hydrogen-bond donors (Lipinski definition) is 27. The molecule has 0 aliphatic heterocycles. The minimum atomic E-state index is -1.27. The number of rotatable bonds is 72. The first-order valence-electron chi connectivity index (χ1n) is 49.7. The van der Waals surface area contributed by atoms with Crippen molar-refractivity contribution in [2.24, 2.45) is 34.4 Å². The maximum Gasteiger partial charge on any atom is 0.243 e. The summed E-state index contributed by atoms with van der Waals surface area (Å²) < 4.78 is 0. The highest BCUT2D eigenvalue weighted by Crippen LogP contribution is 2.21. The number of phenolic OH excluding ortho intramolecular Hbond substituents is 6. The third-order valence-corrected chi connectivity index (χ3v) is 23.7. The molecule has 43 heteroatoms. The van der Waals surface area contributed by atoms with Crippen LogP contribution in [-0.4, -0.2) is 277 Å². The van der Waals surface area contributed by atoms with E-state index < -0.39 is 145 Å². The molecule has 0 aliphatic carbocycles. The molecule has 0 saturated heterocycles. The van der Waals surface area contributed by atoms with E-state index in [0.29, 0.717) is 188 Å². The molecule has 33 N–H and O–H groups in total. The molecule has 0 fully saturated rings. The fourth-order valence-electron chi connectivity index (χ4n) is 15.3. The number of phenols is 6. The lowest BCUT2D eigenvalue weighted by Gasteiger charge is -2.24. The average Bonchev–Trinajstić information content (AvgIpc) is 0.856. The van der Waals surface area contributed by atoms with Crippen molar-refractivity contribution in [2.45, 2.75) is 228 Å². The number of hydrogen-bond acceptors (Lipinski definition) is 28. The van der Waals surface area contributed by atoms with E-state index in [4.69, 9.17) is 34.4 Å². The molecule has 43 nitrogen and oxygen atoms in total. The zero-order valence-electron chi connectivity index (χ0n) is 82.5. The van der Waals surface area contributed by atoms with Crippen LogP contribution in [0.3, 0.4) is 0 Å². The average molecular weight is 2020 g/mol. The highest BCUT2D eigenvalue weighted by molar-refractivity contribution is 5.97. The Balaban J connectivity index is 1.04. The van der Waals surface area contributed by atoms with Crippen molar-refractivity contribution in [2.75, 3.05) is 98.2 Å². The lowest BCUT2D eigenvalue weighted by Crippen LogP contribution is -2.56. The normalized spacial score (nSPS) is 12.9. The van der Waals surface area contributed by atoms with Crippen molar-refractivity contribution in [3.05, 3.63) is 179 Å². The molecule has 15 amide bonds. The van der Waals surface area contributed by atoms with E-state index in [2.05, 4.69) is 79.8 Å². The van der Waals surface area contributed by atoms with E-state index in [1.54, 1.807) is 72.8 Å². The van der Waals surface area contributed by atoms with Crippen LogP contribution in [0.5, 0.6) is 34.5 Å². The number of nitrogens with zero attached hydrogens (tertiary/aromatic N) is 1. The summed E-state index contributed by atoms with van der Waals surface area (Å²) in [7, 11) is 0. The van der Waals surface area contributed by atoms with Gasteiger partial charge in [0.2, 0.25) is 88.6 Å². The summed E-state index contributed by atoms with van der Waals surface area (Å²) in [5, 5.41) is 101. The Morgan fingerprint density at radius 1 is 0.221 bits per heavy atom. The van der Waals surface area contributed by atoms with Gasteiger partial charge in [0.15, 0.2) is 0 Å². The van der Waals surface area contributed by atoms with E-state index in [-0.39, 0.29) is 149 Å². The van der Waals surface area contributed by atoms with E-state index in [0.717, 1.165) is 0 Å². The first-order valence-corrected chi connectivity index (χ1v) is 49.7. The molecule has 0 spiro atoms. The van der Waals surface area contributed by atoms with Gasteiger partial charge in [-0.3, -0.25) is 76.8 Å². The fraction of sp³-hybridized carbons (Fsp3) is 0.500. The molecule has 0 radical (unpaired) electrons. The molecule has 0 saturated carbocycles. The second-order valence-corrected chi connectivity index (χ2v) is 35.8. The zero-order chi connectivity index (χ0) is 106. The summed E-state index contributed by atoms with van der Waals surface area (Å²) in [4.78, 5) is 205. The van der Waals surface area contributed by atoms with Gasteiger partial charge in [-0.25, -0.2) is 0 Å². The topological polar surface area (TPSA) is 717 Å². The summed E-state index contributed by atoms with van der Waals surface area (Å²) in [6.45, 7) is 1.61. The molecule has 6 aromatic rings. The predicted octanol–water partition coefficient (Wildman–Crippen LogP) is -1.02. The second kappa shape index (κ2) is 68.2. The van der Waals surface area contributed by atoms with Gasteiger partial charge in [0, 0.05) is 117 Å². The van der Waals surface area contributed by atoms with E-state index in [1.807, 2.05) is 4.90 Å². The van der Waals surface area contributed by atoms with Crippen molar-refractivity contribution in [1.82, 2.24) is 84.7 Å². The highest BCUT2D eigenvalue weighted by atomic mass is 16.3. The predicted molar refractivity (Wildman–Crippen MR) is 544 cm³/mol. The number of carbonyl (C=O) groups excluding carboxylic acids is 15. The van der Waals surface area contributed by atoms with Crippen LogP contribution in [0.2, 0.25) is 0 Å². The Kier molecular flexibility index (Phi) is 56.2. The standard InChI is InChI=1S/C102H150N22O21/c103-46-10-7-16-79(106)94(137)115-64-91(134)118-85(61-70-28-40-76(128)41-29-70)100(143)121-82(58-67-22-34-73(125)35-23-67)97(140)112-49-13-1-4-19-88(131)109-52-55-124(56-53-110-89(132)20-5-2-14-50-113-98(141)83(59-68-24-36-74(126)37-25-68)122-101(144)86(62-71-30-42-77(129)43-31-71)119-92(135)65-116-95(138)80(107)17-8-11-47-104)57-54-111-90(133)21-6-3-15-51-114-99(142)84(60-69-26-38-75(127)39-27-69)123-102(145)87(63-72-32-44-78(130)45-33-72)120-93(136)66-117-96(139)81(108)18-9-12-48-105/h22-45,79-87,125-130H,1-21,46-66,103-108H2,(H,109,131)(H,110,132)(H,111,133)(H,112,140)(H,113,141)(H,114,142)(H,115,137)(H,116,138)(H,117,139)(H,118,134)(H,119,135)(H,120,136)(H,121,143)(H,122,144)(H,123,145)/t79-,80-,81-,82-,83-,84-,85-,86-,87-/m0/s1. The van der Waals surface area contributed by atoms with Gasteiger partial charge in [-0.1, -0.05) is 111 Å².